The summed E-state index contributed by atoms with van der Waals surface area (Å²) in [6, 6.07) is 64.9. The zero-order valence-electron chi connectivity index (χ0n) is 30.0. The summed E-state index contributed by atoms with van der Waals surface area (Å²) in [5.74, 6) is 3.48. The smallest absolute Gasteiger partial charge is 0.164 e. The van der Waals surface area contributed by atoms with Crippen molar-refractivity contribution in [3.05, 3.63) is 210 Å². The second-order valence-corrected chi connectivity index (χ2v) is 14.2. The van der Waals surface area contributed by atoms with Crippen LogP contribution in [0.1, 0.15) is 27.8 Å². The van der Waals surface area contributed by atoms with E-state index in [0.29, 0.717) is 23.0 Å². The summed E-state index contributed by atoms with van der Waals surface area (Å²) in [4.78, 5) is 15.3. The van der Waals surface area contributed by atoms with Gasteiger partial charge in [-0.05, 0) is 80.6 Å². The molecule has 1 aliphatic carbocycles. The van der Waals surface area contributed by atoms with Gasteiger partial charge in [0.1, 0.15) is 11.5 Å². The minimum absolute atomic E-state index is 0.600. The molecule has 0 bridgehead atoms. The second-order valence-electron chi connectivity index (χ2n) is 14.2. The summed E-state index contributed by atoms with van der Waals surface area (Å²) >= 11 is 0. The lowest BCUT2D eigenvalue weighted by Gasteiger charge is -2.39. The van der Waals surface area contributed by atoms with E-state index in [0.717, 1.165) is 72.3 Å². The Kier molecular flexibility index (Phi) is 7.07. The lowest BCUT2D eigenvalue weighted by atomic mass is 9.65. The molecule has 0 N–H and O–H groups in total. The van der Waals surface area contributed by atoms with E-state index in [4.69, 9.17) is 19.7 Å². The summed E-state index contributed by atoms with van der Waals surface area (Å²) in [6.45, 7) is 0. The van der Waals surface area contributed by atoms with Crippen LogP contribution in [0.5, 0.6) is 11.5 Å². The Morgan fingerprint density at radius 3 is 1.54 bits per heavy atom. The maximum atomic E-state index is 9.63. The normalized spacial score (nSPS) is 12.9. The highest BCUT2D eigenvalue weighted by molar-refractivity contribution is 6.10. The number of nitrogens with zero attached hydrogens (tertiary/aromatic N) is 4. The molecule has 5 nitrogen and oxygen atoms in total. The number of hydrogen-bond acceptors (Lipinski definition) is 5. The van der Waals surface area contributed by atoms with Crippen LogP contribution in [0.3, 0.4) is 0 Å². The highest BCUT2D eigenvalue weighted by atomic mass is 16.5. The van der Waals surface area contributed by atoms with Crippen LogP contribution in [0.15, 0.2) is 182 Å². The minimum atomic E-state index is -0.741. The molecule has 5 heteroatoms. The fourth-order valence-corrected chi connectivity index (χ4v) is 8.79. The van der Waals surface area contributed by atoms with Crippen molar-refractivity contribution in [1.29, 1.82) is 5.26 Å². The second kappa shape index (κ2) is 12.4. The molecule has 0 fully saturated rings. The van der Waals surface area contributed by atoms with Gasteiger partial charge in [0.05, 0.1) is 17.0 Å². The first kappa shape index (κ1) is 31.8. The molecule has 0 amide bonds. The van der Waals surface area contributed by atoms with Gasteiger partial charge in [0, 0.05) is 27.8 Å². The van der Waals surface area contributed by atoms with E-state index in [-0.39, 0.29) is 0 Å². The first-order valence-corrected chi connectivity index (χ1v) is 18.7. The molecule has 11 rings (SSSR count). The van der Waals surface area contributed by atoms with Gasteiger partial charge in [0.25, 0.3) is 0 Å². The molecule has 8 aromatic carbocycles. The average Bonchev–Trinajstić information content (AvgIpc) is 3.56. The van der Waals surface area contributed by atoms with Crippen molar-refractivity contribution in [2.24, 2.45) is 0 Å². The quantitative estimate of drug-likeness (QED) is 0.181. The number of aromatic nitrogens is 3. The lowest BCUT2D eigenvalue weighted by molar-refractivity contribution is 0.436. The van der Waals surface area contributed by atoms with E-state index in [1.165, 1.54) is 11.1 Å². The number of hydrogen-bond donors (Lipinski definition) is 0. The molecule has 0 radical (unpaired) electrons. The van der Waals surface area contributed by atoms with Gasteiger partial charge in [-0.1, -0.05) is 146 Å². The van der Waals surface area contributed by atoms with Crippen LogP contribution in [-0.4, -0.2) is 15.0 Å². The first-order chi connectivity index (χ1) is 27.7. The first-order valence-electron chi connectivity index (χ1n) is 18.7. The Labute approximate surface area is 323 Å². The highest BCUT2D eigenvalue weighted by Crippen LogP contribution is 2.64. The SMILES string of the molecule is N#Cc1ccc(-c2cc3c(c4ccccc24)-c2ccc(-c4nc(-c5ccccc5)nc(-c5ccccc5)n4)cc2C32c3ccccc3Oc3ccccc32)cc1. The number of ether oxygens (including phenoxy) is 1. The third-order valence-corrected chi connectivity index (χ3v) is 11.2. The molecule has 0 saturated carbocycles. The molecule has 2 heterocycles. The van der Waals surface area contributed by atoms with Crippen LogP contribution in [0, 0.1) is 11.3 Å². The predicted octanol–water partition coefficient (Wildman–Crippen LogP) is 12.0. The third kappa shape index (κ3) is 4.70. The summed E-state index contributed by atoms with van der Waals surface area (Å²) in [5, 5.41) is 11.9. The van der Waals surface area contributed by atoms with E-state index in [1.807, 2.05) is 84.9 Å². The Bertz CT molecular complexity index is 2960. The molecule has 56 heavy (non-hydrogen) atoms. The summed E-state index contributed by atoms with van der Waals surface area (Å²) in [5.41, 5.74) is 11.6. The van der Waals surface area contributed by atoms with Gasteiger partial charge in [-0.25, -0.2) is 15.0 Å². The van der Waals surface area contributed by atoms with Crippen molar-refractivity contribution in [2.75, 3.05) is 0 Å². The Hall–Kier alpha value is -7.68. The fourth-order valence-electron chi connectivity index (χ4n) is 8.79. The molecule has 2 aliphatic rings. The number of fused-ring (bicyclic) bond motifs is 11. The third-order valence-electron chi connectivity index (χ3n) is 11.2. The fraction of sp³-hybridized carbons (Fsp3) is 0.0196. The molecule has 0 unspecified atom stereocenters. The Balaban J connectivity index is 1.24. The van der Waals surface area contributed by atoms with Crippen LogP contribution < -0.4 is 4.74 Å². The van der Waals surface area contributed by atoms with Gasteiger partial charge in [-0.3, -0.25) is 0 Å². The summed E-state index contributed by atoms with van der Waals surface area (Å²) in [7, 11) is 0. The zero-order valence-corrected chi connectivity index (χ0v) is 30.0. The van der Waals surface area contributed by atoms with Gasteiger partial charge < -0.3 is 4.74 Å². The van der Waals surface area contributed by atoms with Crippen molar-refractivity contribution in [3.8, 4) is 74.0 Å². The van der Waals surface area contributed by atoms with Crippen LogP contribution in [0.2, 0.25) is 0 Å². The molecule has 1 aromatic heterocycles. The number of benzene rings is 8. The van der Waals surface area contributed by atoms with Crippen LogP contribution in [-0.2, 0) is 5.41 Å². The Morgan fingerprint density at radius 1 is 0.411 bits per heavy atom. The van der Waals surface area contributed by atoms with Crippen molar-refractivity contribution >= 4 is 10.8 Å². The lowest BCUT2D eigenvalue weighted by Crippen LogP contribution is -2.32. The van der Waals surface area contributed by atoms with E-state index in [1.54, 1.807) is 0 Å². The van der Waals surface area contributed by atoms with Crippen molar-refractivity contribution < 1.29 is 4.74 Å². The molecule has 0 atom stereocenters. The molecule has 1 aliphatic heterocycles. The molecular formula is C51H30N4O. The minimum Gasteiger partial charge on any atom is -0.457 e. The molecule has 0 saturated heterocycles. The van der Waals surface area contributed by atoms with Crippen molar-refractivity contribution in [2.45, 2.75) is 5.41 Å². The van der Waals surface area contributed by atoms with Crippen LogP contribution in [0.4, 0.5) is 0 Å². The van der Waals surface area contributed by atoms with Crippen molar-refractivity contribution in [3.63, 3.8) is 0 Å². The topological polar surface area (TPSA) is 71.7 Å². The standard InChI is InChI=1S/C51H30N4O/c52-31-32-23-25-33(26-24-32)40-30-44-47(38-18-8-7-17-37(38)40)39-28-27-36(29-43(39)51(44)41-19-9-11-21-45(41)56-46-22-12-10-20-42(46)51)50-54-48(34-13-3-1-4-14-34)53-49(55-50)35-15-5-2-6-16-35/h1-30H. The van der Waals surface area contributed by atoms with Gasteiger partial charge >= 0.3 is 0 Å². The Morgan fingerprint density at radius 2 is 0.929 bits per heavy atom. The molecule has 9 aromatic rings. The number of rotatable bonds is 4. The monoisotopic (exact) mass is 714 g/mol. The molecular weight excluding hydrogens is 685 g/mol. The molecule has 1 spiro atoms. The highest BCUT2D eigenvalue weighted by Gasteiger charge is 2.52. The van der Waals surface area contributed by atoms with E-state index in [9.17, 15) is 5.26 Å². The zero-order chi connectivity index (χ0) is 37.2. The maximum absolute atomic E-state index is 9.63. The van der Waals surface area contributed by atoms with E-state index < -0.39 is 5.41 Å². The number of para-hydroxylation sites is 2. The van der Waals surface area contributed by atoms with E-state index >= 15 is 0 Å². The maximum Gasteiger partial charge on any atom is 0.164 e. The summed E-state index contributed by atoms with van der Waals surface area (Å²) < 4.78 is 6.70. The van der Waals surface area contributed by atoms with Gasteiger partial charge in [0.15, 0.2) is 17.5 Å². The largest absolute Gasteiger partial charge is 0.457 e. The number of nitriles is 1. The van der Waals surface area contributed by atoms with Gasteiger partial charge in [-0.2, -0.15) is 5.26 Å². The van der Waals surface area contributed by atoms with E-state index in [2.05, 4.69) is 103 Å². The van der Waals surface area contributed by atoms with Gasteiger partial charge in [-0.15, -0.1) is 0 Å². The molecule has 260 valence electrons. The van der Waals surface area contributed by atoms with Crippen LogP contribution >= 0.6 is 0 Å². The van der Waals surface area contributed by atoms with Crippen molar-refractivity contribution in [1.82, 2.24) is 15.0 Å². The average molecular weight is 715 g/mol. The summed E-state index contributed by atoms with van der Waals surface area (Å²) in [6.07, 6.45) is 0. The van der Waals surface area contributed by atoms with Gasteiger partial charge in [0.2, 0.25) is 0 Å². The predicted molar refractivity (Wildman–Crippen MR) is 221 cm³/mol. The van der Waals surface area contributed by atoms with Crippen LogP contribution in [0.25, 0.3) is 67.2 Å².